The van der Waals surface area contributed by atoms with Gasteiger partial charge < -0.3 is 5.11 Å². The minimum Gasteiger partial charge on any atom is -0.392 e. The van der Waals surface area contributed by atoms with Crippen LogP contribution in [0.5, 0.6) is 0 Å². The summed E-state index contributed by atoms with van der Waals surface area (Å²) in [6, 6.07) is 0. The first-order valence-electron chi connectivity index (χ1n) is 4.03. The van der Waals surface area contributed by atoms with Crippen LogP contribution in [0.15, 0.2) is 11.2 Å². The van der Waals surface area contributed by atoms with Crippen LogP contribution >= 0.6 is 35.0 Å². The molecule has 0 saturated carbocycles. The molecule has 1 rings (SSSR count). The van der Waals surface area contributed by atoms with Crippen LogP contribution in [0, 0.1) is 0 Å². The third-order valence-corrected chi connectivity index (χ3v) is 3.53. The number of rotatable bonds is 3. The first-order valence-corrected chi connectivity index (χ1v) is 5.67. The van der Waals surface area contributed by atoms with Crippen molar-refractivity contribution in [3.05, 3.63) is 16.5 Å². The molecule has 2 unspecified atom stereocenters. The summed E-state index contributed by atoms with van der Waals surface area (Å²) in [5.74, 6) is 0. The Balaban J connectivity index is 2.80. The molecule has 1 N–H and O–H groups in total. The van der Waals surface area contributed by atoms with Crippen LogP contribution in [0.3, 0.4) is 0 Å². The summed E-state index contributed by atoms with van der Waals surface area (Å²) in [5.41, 5.74) is 0. The summed E-state index contributed by atoms with van der Waals surface area (Å²) in [4.78, 5) is 7.71. The lowest BCUT2D eigenvalue weighted by Crippen LogP contribution is -2.15. The predicted molar refractivity (Wildman–Crippen MR) is 59.1 cm³/mol. The molecule has 0 aliphatic carbocycles. The first-order chi connectivity index (χ1) is 6.50. The van der Waals surface area contributed by atoms with E-state index in [9.17, 15) is 5.11 Å². The summed E-state index contributed by atoms with van der Waals surface area (Å²) < 4.78 is 0. The zero-order valence-electron chi connectivity index (χ0n) is 7.74. The van der Waals surface area contributed by atoms with Gasteiger partial charge in [0.15, 0.2) is 0 Å². The van der Waals surface area contributed by atoms with Crippen molar-refractivity contribution in [2.75, 3.05) is 0 Å². The minimum absolute atomic E-state index is 0.0125. The van der Waals surface area contributed by atoms with Crippen LogP contribution < -0.4 is 0 Å². The van der Waals surface area contributed by atoms with E-state index in [4.69, 9.17) is 23.2 Å². The molecule has 1 heterocycles. The Kier molecular flexibility index (Phi) is 4.44. The maximum absolute atomic E-state index is 9.30. The number of aromatic nitrogens is 2. The van der Waals surface area contributed by atoms with E-state index in [1.54, 1.807) is 6.92 Å². The number of hydrogen-bond acceptors (Lipinski definition) is 4. The number of halogens is 2. The fraction of sp³-hybridized carbons (Fsp3) is 0.500. The van der Waals surface area contributed by atoms with Gasteiger partial charge in [-0.05, 0) is 18.5 Å². The first kappa shape index (κ1) is 12.0. The van der Waals surface area contributed by atoms with Crippen molar-refractivity contribution in [3.63, 3.8) is 0 Å². The van der Waals surface area contributed by atoms with E-state index in [1.165, 1.54) is 18.0 Å². The fourth-order valence-corrected chi connectivity index (χ4v) is 1.95. The third kappa shape index (κ3) is 3.28. The molecule has 2 atom stereocenters. The molecule has 0 radical (unpaired) electrons. The lowest BCUT2D eigenvalue weighted by Gasteiger charge is -2.13. The van der Waals surface area contributed by atoms with Crippen LogP contribution in [0.4, 0.5) is 0 Å². The van der Waals surface area contributed by atoms with E-state index in [-0.39, 0.29) is 10.5 Å². The Labute approximate surface area is 96.9 Å². The van der Waals surface area contributed by atoms with Crippen molar-refractivity contribution in [1.29, 1.82) is 0 Å². The van der Waals surface area contributed by atoms with E-state index in [0.717, 1.165) is 0 Å². The molecule has 0 aromatic carbocycles. The summed E-state index contributed by atoms with van der Waals surface area (Å²) in [6.07, 6.45) is 1.03. The number of nitrogens with zero attached hydrogens (tertiary/aromatic N) is 2. The number of aliphatic hydroxyl groups is 1. The smallest absolute Gasteiger partial charge is 0.223 e. The van der Waals surface area contributed by atoms with Crippen molar-refractivity contribution in [3.8, 4) is 0 Å². The Hall–Kier alpha value is -0.0300. The lowest BCUT2D eigenvalue weighted by molar-refractivity contribution is 0.196. The van der Waals surface area contributed by atoms with Gasteiger partial charge in [-0.1, -0.05) is 30.3 Å². The van der Waals surface area contributed by atoms with E-state index >= 15 is 0 Å². The summed E-state index contributed by atoms with van der Waals surface area (Å²) in [6.45, 7) is 3.61. The van der Waals surface area contributed by atoms with Gasteiger partial charge >= 0.3 is 0 Å². The Morgan fingerprint density at radius 2 is 2.07 bits per heavy atom. The Morgan fingerprint density at radius 1 is 1.43 bits per heavy atom. The van der Waals surface area contributed by atoms with E-state index in [2.05, 4.69) is 9.97 Å². The fourth-order valence-electron chi connectivity index (χ4n) is 0.688. The molecule has 78 valence electrons. The van der Waals surface area contributed by atoms with Gasteiger partial charge in [-0.2, -0.15) is 0 Å². The van der Waals surface area contributed by atoms with Gasteiger partial charge in [0.1, 0.15) is 5.03 Å². The van der Waals surface area contributed by atoms with Crippen molar-refractivity contribution in [1.82, 2.24) is 9.97 Å². The Morgan fingerprint density at radius 3 is 2.64 bits per heavy atom. The molecule has 0 aliphatic heterocycles. The lowest BCUT2D eigenvalue weighted by atomic mass is 10.3. The number of hydrogen-bond donors (Lipinski definition) is 1. The van der Waals surface area contributed by atoms with Gasteiger partial charge in [-0.15, -0.1) is 0 Å². The van der Waals surface area contributed by atoms with Crippen LogP contribution in [0.2, 0.25) is 10.3 Å². The van der Waals surface area contributed by atoms with Gasteiger partial charge in [0.2, 0.25) is 5.28 Å². The highest BCUT2D eigenvalue weighted by atomic mass is 35.5. The summed E-state index contributed by atoms with van der Waals surface area (Å²) in [7, 11) is 0. The van der Waals surface area contributed by atoms with Gasteiger partial charge in [0.05, 0.1) is 17.3 Å². The molecule has 1 aromatic rings. The highest BCUT2D eigenvalue weighted by molar-refractivity contribution is 8.00. The SMILES string of the molecule is CC(O)C(C)Sc1nc(Cl)ncc1Cl. The predicted octanol–water partition coefficient (Wildman–Crippen LogP) is 2.64. The van der Waals surface area contributed by atoms with Gasteiger partial charge in [0, 0.05) is 5.25 Å². The maximum Gasteiger partial charge on any atom is 0.223 e. The largest absolute Gasteiger partial charge is 0.392 e. The summed E-state index contributed by atoms with van der Waals surface area (Å²) >= 11 is 12.9. The normalized spacial score (nSPS) is 15.2. The second kappa shape index (κ2) is 5.16. The van der Waals surface area contributed by atoms with Crippen LogP contribution in [0.1, 0.15) is 13.8 Å². The van der Waals surface area contributed by atoms with Crippen LogP contribution in [-0.2, 0) is 0 Å². The third-order valence-electron chi connectivity index (χ3n) is 1.66. The van der Waals surface area contributed by atoms with Crippen LogP contribution in [-0.4, -0.2) is 26.4 Å². The molecule has 14 heavy (non-hydrogen) atoms. The van der Waals surface area contributed by atoms with Gasteiger partial charge in [-0.25, -0.2) is 9.97 Å². The molecule has 3 nitrogen and oxygen atoms in total. The molecular formula is C8H10Cl2N2OS. The average molecular weight is 253 g/mol. The van der Waals surface area contributed by atoms with E-state index < -0.39 is 6.10 Å². The van der Waals surface area contributed by atoms with E-state index in [1.807, 2.05) is 6.92 Å². The van der Waals surface area contributed by atoms with Crippen molar-refractivity contribution >= 4 is 35.0 Å². The molecule has 0 saturated heterocycles. The molecule has 0 amide bonds. The van der Waals surface area contributed by atoms with Gasteiger partial charge in [-0.3, -0.25) is 0 Å². The van der Waals surface area contributed by atoms with Gasteiger partial charge in [0.25, 0.3) is 0 Å². The maximum atomic E-state index is 9.30. The molecule has 0 fully saturated rings. The number of aliphatic hydroxyl groups excluding tert-OH is 1. The molecule has 0 aliphatic rings. The zero-order chi connectivity index (χ0) is 10.7. The second-order valence-corrected chi connectivity index (χ2v) is 4.97. The van der Waals surface area contributed by atoms with Crippen molar-refractivity contribution in [2.24, 2.45) is 0 Å². The number of thioether (sulfide) groups is 1. The highest BCUT2D eigenvalue weighted by Gasteiger charge is 2.14. The average Bonchev–Trinajstić information content (AvgIpc) is 2.11. The molecule has 6 heteroatoms. The standard InChI is InChI=1S/C8H10Cl2N2OS/c1-4(13)5(2)14-7-6(9)3-11-8(10)12-7/h3-5,13H,1-2H3. The Bertz CT molecular complexity index is 322. The summed E-state index contributed by atoms with van der Waals surface area (Å²) in [5, 5.41) is 10.5. The topological polar surface area (TPSA) is 46.0 Å². The molecular weight excluding hydrogens is 243 g/mol. The molecule has 0 spiro atoms. The van der Waals surface area contributed by atoms with E-state index in [0.29, 0.717) is 10.0 Å². The quantitative estimate of drug-likeness (QED) is 0.511. The minimum atomic E-state index is -0.426. The highest BCUT2D eigenvalue weighted by Crippen LogP contribution is 2.29. The van der Waals surface area contributed by atoms with Crippen molar-refractivity contribution < 1.29 is 5.11 Å². The zero-order valence-corrected chi connectivity index (χ0v) is 10.1. The van der Waals surface area contributed by atoms with Crippen molar-refractivity contribution in [2.45, 2.75) is 30.2 Å². The van der Waals surface area contributed by atoms with Crippen LogP contribution in [0.25, 0.3) is 0 Å². The molecule has 0 bridgehead atoms. The monoisotopic (exact) mass is 252 g/mol. The molecule has 1 aromatic heterocycles. The second-order valence-electron chi connectivity index (χ2n) is 2.86.